The molecule has 0 radical (unpaired) electrons. The monoisotopic (exact) mass is 108 g/mol. The number of hydrogen-bond acceptors (Lipinski definition) is 2. The summed E-state index contributed by atoms with van der Waals surface area (Å²) in [5, 5.41) is 8.25. The van der Waals surface area contributed by atoms with Crippen LogP contribution in [0.3, 0.4) is 0 Å². The molecule has 0 bridgehead atoms. The molecular formula is C6H8N2. The third-order valence-electron chi connectivity index (χ3n) is 0.734. The Morgan fingerprint density at radius 3 is 2.25 bits per heavy atom. The molecule has 0 aromatic carbocycles. The van der Waals surface area contributed by atoms with Crippen molar-refractivity contribution in [3.63, 3.8) is 0 Å². The molecule has 0 rings (SSSR count). The minimum absolute atomic E-state index is 0.421. The van der Waals surface area contributed by atoms with Crippen molar-refractivity contribution in [1.82, 2.24) is 0 Å². The van der Waals surface area contributed by atoms with Crippen LogP contribution in [0.5, 0.6) is 0 Å². The van der Waals surface area contributed by atoms with Gasteiger partial charge in [-0.2, -0.15) is 5.26 Å². The summed E-state index contributed by atoms with van der Waals surface area (Å²) in [6.45, 7) is 5.30. The highest BCUT2D eigenvalue weighted by molar-refractivity contribution is 6.10. The van der Waals surface area contributed by atoms with E-state index in [9.17, 15) is 0 Å². The first-order valence-corrected chi connectivity index (χ1v) is 2.25. The van der Waals surface area contributed by atoms with E-state index >= 15 is 0 Å². The lowest BCUT2D eigenvalue weighted by atomic mass is 10.2. The first-order chi connectivity index (χ1) is 3.72. The zero-order valence-corrected chi connectivity index (χ0v) is 5.10. The van der Waals surface area contributed by atoms with Crippen LogP contribution in [0.25, 0.3) is 0 Å². The molecule has 0 spiro atoms. The molecule has 0 aliphatic rings. The molecular weight excluding hydrogens is 100 g/mol. The van der Waals surface area contributed by atoms with Crippen molar-refractivity contribution in [3.8, 4) is 6.07 Å². The lowest BCUT2D eigenvalue weighted by Gasteiger charge is -1.87. The summed E-state index contributed by atoms with van der Waals surface area (Å²) in [6.07, 6.45) is 0. The minimum Gasteiger partial charge on any atom is -0.277 e. The van der Waals surface area contributed by atoms with Gasteiger partial charge in [0, 0.05) is 7.05 Å². The Bertz CT molecular complexity index is 160. The van der Waals surface area contributed by atoms with Crippen LogP contribution in [0.4, 0.5) is 0 Å². The van der Waals surface area contributed by atoms with Gasteiger partial charge in [-0.05, 0) is 12.5 Å². The molecule has 8 heavy (non-hydrogen) atoms. The molecule has 2 nitrogen and oxygen atoms in total. The van der Waals surface area contributed by atoms with Gasteiger partial charge in [-0.1, -0.05) is 6.58 Å². The van der Waals surface area contributed by atoms with Gasteiger partial charge < -0.3 is 0 Å². The SMILES string of the molecule is C=C(C)C(C#N)=NC. The predicted molar refractivity (Wildman–Crippen MR) is 33.8 cm³/mol. The van der Waals surface area contributed by atoms with Crippen molar-refractivity contribution >= 4 is 5.71 Å². The van der Waals surface area contributed by atoms with Gasteiger partial charge in [0.05, 0.1) is 0 Å². The minimum atomic E-state index is 0.421. The third-order valence-corrected chi connectivity index (χ3v) is 0.734. The lowest BCUT2D eigenvalue weighted by molar-refractivity contribution is 1.41. The predicted octanol–water partition coefficient (Wildman–Crippen LogP) is 1.16. The fraction of sp³-hybridized carbons (Fsp3) is 0.333. The van der Waals surface area contributed by atoms with Gasteiger partial charge in [-0.25, -0.2) is 0 Å². The second-order valence-electron chi connectivity index (χ2n) is 1.46. The standard InChI is InChI=1S/C6H8N2/c1-5(2)6(4-7)8-3/h1H2,2-3H3. The second kappa shape index (κ2) is 2.98. The van der Waals surface area contributed by atoms with Crippen molar-refractivity contribution in [3.05, 3.63) is 12.2 Å². The van der Waals surface area contributed by atoms with Gasteiger partial charge in [-0.3, -0.25) is 4.99 Å². The normalized spacial score (nSPS) is 10.4. The van der Waals surface area contributed by atoms with Crippen molar-refractivity contribution in [2.75, 3.05) is 7.05 Å². The number of allylic oxidation sites excluding steroid dienone is 1. The highest BCUT2D eigenvalue weighted by Gasteiger charge is 1.91. The number of aliphatic imine (C=N–C) groups is 1. The van der Waals surface area contributed by atoms with Crippen LogP contribution in [0, 0.1) is 11.3 Å². The summed E-state index contributed by atoms with van der Waals surface area (Å²) in [7, 11) is 1.58. The van der Waals surface area contributed by atoms with Crippen LogP contribution in [0.2, 0.25) is 0 Å². The zero-order valence-electron chi connectivity index (χ0n) is 5.10. The number of nitrogens with zero attached hydrogens (tertiary/aromatic N) is 2. The van der Waals surface area contributed by atoms with Crippen LogP contribution >= 0.6 is 0 Å². The molecule has 0 fully saturated rings. The average molecular weight is 108 g/mol. The smallest absolute Gasteiger partial charge is 0.137 e. The fourth-order valence-corrected chi connectivity index (χ4v) is 0.336. The molecule has 0 N–H and O–H groups in total. The van der Waals surface area contributed by atoms with Crippen LogP contribution < -0.4 is 0 Å². The van der Waals surface area contributed by atoms with Crippen LogP contribution in [0.1, 0.15) is 6.92 Å². The molecule has 0 unspecified atom stereocenters. The summed E-state index contributed by atoms with van der Waals surface area (Å²) < 4.78 is 0. The summed E-state index contributed by atoms with van der Waals surface area (Å²) in [5.41, 5.74) is 1.14. The maximum Gasteiger partial charge on any atom is 0.137 e. The Hall–Kier alpha value is -1.10. The van der Waals surface area contributed by atoms with Gasteiger partial charge in [0.15, 0.2) is 0 Å². The Kier molecular flexibility index (Phi) is 2.57. The molecule has 0 aromatic rings. The lowest BCUT2D eigenvalue weighted by Crippen LogP contribution is -1.92. The first kappa shape index (κ1) is 6.90. The molecule has 0 aromatic heterocycles. The third kappa shape index (κ3) is 1.57. The van der Waals surface area contributed by atoms with Gasteiger partial charge in [-0.15, -0.1) is 0 Å². The average Bonchev–Trinajstić information content (AvgIpc) is 1.69. The Morgan fingerprint density at radius 2 is 2.25 bits per heavy atom. The van der Waals surface area contributed by atoms with Gasteiger partial charge in [0.1, 0.15) is 11.8 Å². The topological polar surface area (TPSA) is 36.1 Å². The quantitative estimate of drug-likeness (QED) is 0.464. The van der Waals surface area contributed by atoms with Crippen molar-refractivity contribution in [2.24, 2.45) is 4.99 Å². The van der Waals surface area contributed by atoms with Gasteiger partial charge >= 0.3 is 0 Å². The summed E-state index contributed by atoms with van der Waals surface area (Å²) >= 11 is 0. The fourth-order valence-electron chi connectivity index (χ4n) is 0.336. The molecule has 0 saturated heterocycles. The molecule has 42 valence electrons. The maximum absolute atomic E-state index is 8.25. The van der Waals surface area contributed by atoms with E-state index in [-0.39, 0.29) is 0 Å². The van der Waals surface area contributed by atoms with E-state index < -0.39 is 0 Å². The van der Waals surface area contributed by atoms with E-state index in [2.05, 4.69) is 11.6 Å². The molecule has 0 heterocycles. The molecule has 0 saturated carbocycles. The summed E-state index contributed by atoms with van der Waals surface area (Å²) in [5.74, 6) is 0. The molecule has 0 aliphatic carbocycles. The Morgan fingerprint density at radius 1 is 1.75 bits per heavy atom. The van der Waals surface area contributed by atoms with E-state index in [0.717, 1.165) is 5.57 Å². The molecule has 0 atom stereocenters. The van der Waals surface area contributed by atoms with E-state index in [1.807, 2.05) is 6.07 Å². The highest BCUT2D eigenvalue weighted by atomic mass is 14.7. The van der Waals surface area contributed by atoms with E-state index in [1.54, 1.807) is 14.0 Å². The molecule has 2 heteroatoms. The first-order valence-electron chi connectivity index (χ1n) is 2.25. The van der Waals surface area contributed by atoms with Crippen molar-refractivity contribution in [1.29, 1.82) is 5.26 Å². The van der Waals surface area contributed by atoms with Crippen LogP contribution in [0.15, 0.2) is 17.1 Å². The maximum atomic E-state index is 8.25. The van der Waals surface area contributed by atoms with Gasteiger partial charge in [0.2, 0.25) is 0 Å². The molecule has 0 aliphatic heterocycles. The number of nitriles is 1. The number of hydrogen-bond donors (Lipinski definition) is 0. The van der Waals surface area contributed by atoms with Crippen LogP contribution in [-0.4, -0.2) is 12.8 Å². The van der Waals surface area contributed by atoms with E-state index in [0.29, 0.717) is 5.71 Å². The molecule has 0 amide bonds. The zero-order chi connectivity index (χ0) is 6.57. The van der Waals surface area contributed by atoms with Crippen molar-refractivity contribution in [2.45, 2.75) is 6.92 Å². The highest BCUT2D eigenvalue weighted by Crippen LogP contribution is 1.88. The Labute approximate surface area is 49.2 Å². The summed E-state index contributed by atoms with van der Waals surface area (Å²) in [6, 6.07) is 1.90. The van der Waals surface area contributed by atoms with E-state index in [4.69, 9.17) is 5.26 Å². The summed E-state index contributed by atoms with van der Waals surface area (Å²) in [4.78, 5) is 3.66. The van der Waals surface area contributed by atoms with E-state index in [1.165, 1.54) is 0 Å². The largest absolute Gasteiger partial charge is 0.277 e. The number of rotatable bonds is 1. The van der Waals surface area contributed by atoms with Crippen molar-refractivity contribution < 1.29 is 0 Å². The Balaban J connectivity index is 4.20. The second-order valence-corrected chi connectivity index (χ2v) is 1.46. The van der Waals surface area contributed by atoms with Gasteiger partial charge in [0.25, 0.3) is 0 Å². The van der Waals surface area contributed by atoms with Crippen LogP contribution in [-0.2, 0) is 0 Å².